The molecule has 2 aromatic carbocycles. The molecule has 1 unspecified atom stereocenters. The van der Waals surface area contributed by atoms with Gasteiger partial charge in [-0.2, -0.15) is 0 Å². The molecule has 0 fully saturated rings. The fourth-order valence-electron chi connectivity index (χ4n) is 2.96. The molecule has 180 valence electrons. The van der Waals surface area contributed by atoms with Crippen LogP contribution in [-0.4, -0.2) is 65.9 Å². The molecule has 0 bridgehead atoms. The molecule has 0 radical (unpaired) electrons. The van der Waals surface area contributed by atoms with Crippen LogP contribution in [0.4, 0.5) is 4.79 Å². The summed E-state index contributed by atoms with van der Waals surface area (Å²) in [5, 5.41) is 10.2. The van der Waals surface area contributed by atoms with Gasteiger partial charge in [0.15, 0.2) is 11.0 Å². The lowest BCUT2D eigenvalue weighted by Gasteiger charge is -2.15. The second-order valence-electron chi connectivity index (χ2n) is 7.27. The summed E-state index contributed by atoms with van der Waals surface area (Å²) in [6, 6.07) is 12.5. The average molecular weight is 505 g/mol. The number of ether oxygens (including phenoxy) is 1. The number of carbonyl (C=O) groups is 2. The van der Waals surface area contributed by atoms with Crippen molar-refractivity contribution >= 4 is 33.7 Å². The van der Waals surface area contributed by atoms with E-state index in [1.165, 1.54) is 33.3 Å². The monoisotopic (exact) mass is 504 g/mol. The van der Waals surface area contributed by atoms with Crippen molar-refractivity contribution in [2.45, 2.75) is 22.2 Å². The number of hydrogen-bond acceptors (Lipinski definition) is 8. The average Bonchev–Trinajstić information content (AvgIpc) is 3.22. The van der Waals surface area contributed by atoms with E-state index in [1.807, 2.05) is 5.32 Å². The van der Waals surface area contributed by atoms with Crippen molar-refractivity contribution < 1.29 is 22.7 Å². The van der Waals surface area contributed by atoms with Gasteiger partial charge in [0.05, 0.1) is 22.9 Å². The van der Waals surface area contributed by atoms with Gasteiger partial charge in [-0.1, -0.05) is 30.0 Å². The molecular weight excluding hydrogens is 480 g/mol. The normalized spacial score (nSPS) is 12.4. The van der Waals surface area contributed by atoms with E-state index in [2.05, 4.69) is 10.2 Å². The number of sulfonamides is 1. The van der Waals surface area contributed by atoms with Crippen LogP contribution in [0.2, 0.25) is 0 Å². The number of nitrogens with zero attached hydrogens (tertiary/aromatic N) is 4. The second kappa shape index (κ2) is 10.2. The van der Waals surface area contributed by atoms with Crippen molar-refractivity contribution in [1.29, 1.82) is 0 Å². The number of thioether (sulfide) groups is 1. The van der Waals surface area contributed by atoms with Gasteiger partial charge in [0, 0.05) is 25.7 Å². The molecule has 3 aromatic rings. The molecule has 13 heteroatoms. The van der Waals surface area contributed by atoms with Gasteiger partial charge in [0.25, 0.3) is 0 Å². The molecule has 0 aliphatic heterocycles. The molecule has 1 heterocycles. The third-order valence-corrected chi connectivity index (χ3v) is 7.57. The Bertz CT molecular complexity index is 1320. The van der Waals surface area contributed by atoms with E-state index in [1.54, 1.807) is 47.9 Å². The van der Waals surface area contributed by atoms with Crippen molar-refractivity contribution in [3.8, 4) is 22.8 Å². The number of hydrogen-bond donors (Lipinski definition) is 2. The van der Waals surface area contributed by atoms with Gasteiger partial charge in [0.1, 0.15) is 5.75 Å². The van der Waals surface area contributed by atoms with Gasteiger partial charge >= 0.3 is 6.03 Å². The molecule has 3 N–H and O–H groups in total. The first-order valence-corrected chi connectivity index (χ1v) is 12.3. The van der Waals surface area contributed by atoms with E-state index >= 15 is 0 Å². The number of carbonyl (C=O) groups excluding carboxylic acids is 2. The molecule has 0 aliphatic carbocycles. The van der Waals surface area contributed by atoms with Gasteiger partial charge in [-0.3, -0.25) is 14.7 Å². The number of nitrogens with two attached hydrogens (primary N) is 1. The van der Waals surface area contributed by atoms with Crippen molar-refractivity contribution in [3.63, 3.8) is 0 Å². The van der Waals surface area contributed by atoms with Crippen LogP contribution in [0.15, 0.2) is 58.6 Å². The maximum atomic E-state index is 12.6. The molecule has 1 atom stereocenters. The molecule has 1 aromatic heterocycles. The number of urea groups is 1. The number of imide groups is 1. The van der Waals surface area contributed by atoms with Crippen LogP contribution >= 0.6 is 11.8 Å². The SMILES string of the molecule is COc1cccc(-n2c(SC(C)C(=O)NC(N)=O)nnc2-c2cccc(S(=O)(=O)N(C)C)c2)c1. The molecule has 3 amide bonds. The minimum Gasteiger partial charge on any atom is -0.497 e. The van der Waals surface area contributed by atoms with Gasteiger partial charge in [-0.05, 0) is 31.2 Å². The molecule has 0 aliphatic rings. The molecule has 34 heavy (non-hydrogen) atoms. The highest BCUT2D eigenvalue weighted by molar-refractivity contribution is 8.00. The number of primary amides is 1. The summed E-state index contributed by atoms with van der Waals surface area (Å²) in [5.41, 5.74) is 6.18. The fraction of sp³-hybridized carbons (Fsp3) is 0.238. The van der Waals surface area contributed by atoms with Gasteiger partial charge < -0.3 is 10.5 Å². The number of amides is 3. The summed E-state index contributed by atoms with van der Waals surface area (Å²) in [7, 11) is 0.764. The van der Waals surface area contributed by atoms with Crippen molar-refractivity contribution in [3.05, 3.63) is 48.5 Å². The Morgan fingerprint density at radius 1 is 1.15 bits per heavy atom. The fourth-order valence-corrected chi connectivity index (χ4v) is 4.77. The van der Waals surface area contributed by atoms with E-state index in [0.717, 1.165) is 16.1 Å². The van der Waals surface area contributed by atoms with E-state index in [4.69, 9.17) is 10.5 Å². The zero-order valence-corrected chi connectivity index (χ0v) is 20.6. The maximum absolute atomic E-state index is 12.6. The van der Waals surface area contributed by atoms with Crippen LogP contribution in [0.1, 0.15) is 6.92 Å². The van der Waals surface area contributed by atoms with Crippen molar-refractivity contribution in [2.24, 2.45) is 5.73 Å². The van der Waals surface area contributed by atoms with Crippen LogP contribution in [0, 0.1) is 0 Å². The summed E-state index contributed by atoms with van der Waals surface area (Å²) in [6.07, 6.45) is 0. The highest BCUT2D eigenvalue weighted by Gasteiger charge is 2.24. The summed E-state index contributed by atoms with van der Waals surface area (Å²) < 4.78 is 33.4. The van der Waals surface area contributed by atoms with Gasteiger partial charge in [-0.15, -0.1) is 10.2 Å². The predicted octanol–water partition coefficient (Wildman–Crippen LogP) is 1.87. The van der Waals surface area contributed by atoms with Crippen LogP contribution < -0.4 is 15.8 Å². The lowest BCUT2D eigenvalue weighted by atomic mass is 10.2. The largest absolute Gasteiger partial charge is 0.497 e. The van der Waals surface area contributed by atoms with E-state index in [-0.39, 0.29) is 4.90 Å². The van der Waals surface area contributed by atoms with Crippen LogP contribution in [-0.2, 0) is 14.8 Å². The quantitative estimate of drug-likeness (QED) is 0.442. The highest BCUT2D eigenvalue weighted by atomic mass is 32.2. The summed E-state index contributed by atoms with van der Waals surface area (Å²) in [4.78, 5) is 23.4. The van der Waals surface area contributed by atoms with E-state index < -0.39 is 27.2 Å². The number of rotatable bonds is 8. The third-order valence-electron chi connectivity index (χ3n) is 4.71. The first-order chi connectivity index (χ1) is 16.0. The number of benzene rings is 2. The maximum Gasteiger partial charge on any atom is 0.318 e. The summed E-state index contributed by atoms with van der Waals surface area (Å²) in [6.45, 7) is 1.59. The lowest BCUT2D eigenvalue weighted by molar-refractivity contribution is -0.119. The molecule has 0 saturated carbocycles. The Morgan fingerprint density at radius 3 is 2.50 bits per heavy atom. The van der Waals surface area contributed by atoms with Crippen LogP contribution in [0.5, 0.6) is 5.75 Å². The van der Waals surface area contributed by atoms with Gasteiger partial charge in [-0.25, -0.2) is 17.5 Å². The number of methoxy groups -OCH3 is 1. The minimum atomic E-state index is -3.68. The summed E-state index contributed by atoms with van der Waals surface area (Å²) >= 11 is 1.06. The van der Waals surface area contributed by atoms with Crippen molar-refractivity contribution in [1.82, 2.24) is 24.4 Å². The second-order valence-corrected chi connectivity index (χ2v) is 10.7. The molecule has 3 rings (SSSR count). The summed E-state index contributed by atoms with van der Waals surface area (Å²) in [5.74, 6) is 0.351. The standard InChI is InChI=1S/C21H24N6O5S2/c1-13(19(28)23-20(22)29)33-21-25-24-18(27(21)15-8-6-9-16(12-15)32-4)14-7-5-10-17(11-14)34(30,31)26(2)3/h5-13H,1-4H3,(H3,22,23,28,29). The Balaban J connectivity index is 2.14. The Morgan fingerprint density at radius 2 is 1.85 bits per heavy atom. The van der Waals surface area contributed by atoms with Crippen LogP contribution in [0.25, 0.3) is 17.1 Å². The third kappa shape index (κ3) is 5.38. The smallest absolute Gasteiger partial charge is 0.318 e. The zero-order valence-electron chi connectivity index (χ0n) is 18.9. The Hall–Kier alpha value is -3.42. The minimum absolute atomic E-state index is 0.0959. The van der Waals surface area contributed by atoms with Crippen LogP contribution in [0.3, 0.4) is 0 Å². The molecule has 0 saturated heterocycles. The highest BCUT2D eigenvalue weighted by Crippen LogP contribution is 2.32. The molecule has 11 nitrogen and oxygen atoms in total. The molecule has 0 spiro atoms. The Kier molecular flexibility index (Phi) is 7.59. The topological polar surface area (TPSA) is 150 Å². The predicted molar refractivity (Wildman–Crippen MR) is 127 cm³/mol. The van der Waals surface area contributed by atoms with E-state index in [9.17, 15) is 18.0 Å². The number of aromatic nitrogens is 3. The van der Waals surface area contributed by atoms with E-state index in [0.29, 0.717) is 28.0 Å². The van der Waals surface area contributed by atoms with Gasteiger partial charge in [0.2, 0.25) is 15.9 Å². The Labute approximate surface area is 201 Å². The lowest BCUT2D eigenvalue weighted by Crippen LogP contribution is -2.39. The first kappa shape index (κ1) is 25.2. The van der Waals surface area contributed by atoms with Crippen molar-refractivity contribution in [2.75, 3.05) is 21.2 Å². The zero-order chi connectivity index (χ0) is 25.0. The first-order valence-electron chi connectivity index (χ1n) is 9.94. The molecular formula is C21H24N6O5S2. The number of nitrogens with one attached hydrogen (secondary N) is 1.